The van der Waals surface area contributed by atoms with Crippen LogP contribution in [0.5, 0.6) is 0 Å². The van der Waals surface area contributed by atoms with E-state index < -0.39 is 6.10 Å². The number of nitrogens with zero attached hydrogens (tertiary/aromatic N) is 2. The van der Waals surface area contributed by atoms with Gasteiger partial charge in [-0.2, -0.15) is 4.99 Å². The zero-order chi connectivity index (χ0) is 13.0. The number of rotatable bonds is 3. The lowest BCUT2D eigenvalue weighted by molar-refractivity contribution is -0.116. The highest BCUT2D eigenvalue weighted by molar-refractivity contribution is 7.07. The molecule has 0 spiro atoms. The highest BCUT2D eigenvalue weighted by atomic mass is 32.1. The molecule has 1 N–H and O–H groups in total. The maximum absolute atomic E-state index is 11.0. The fourth-order valence-electron chi connectivity index (χ4n) is 1.63. The first-order valence-corrected chi connectivity index (χ1v) is 6.47. The fourth-order valence-corrected chi connectivity index (χ4v) is 2.41. The van der Waals surface area contributed by atoms with Gasteiger partial charge in [0, 0.05) is 18.5 Å². The maximum Gasteiger partial charge on any atom is 0.245 e. The van der Waals surface area contributed by atoms with Gasteiger partial charge in [-0.3, -0.25) is 4.79 Å². The maximum atomic E-state index is 11.0. The van der Waals surface area contributed by atoms with E-state index in [2.05, 4.69) is 4.99 Å². The van der Waals surface area contributed by atoms with Crippen LogP contribution in [0.2, 0.25) is 0 Å². The van der Waals surface area contributed by atoms with Gasteiger partial charge in [-0.25, -0.2) is 0 Å². The molecule has 0 aliphatic rings. The van der Waals surface area contributed by atoms with Crippen molar-refractivity contribution in [3.8, 4) is 0 Å². The van der Waals surface area contributed by atoms with Gasteiger partial charge < -0.3 is 9.67 Å². The lowest BCUT2D eigenvalue weighted by atomic mass is 10.1. The van der Waals surface area contributed by atoms with Gasteiger partial charge in [0.25, 0.3) is 0 Å². The minimum atomic E-state index is -0.605. The molecule has 2 aromatic rings. The van der Waals surface area contributed by atoms with Gasteiger partial charge in [0.1, 0.15) is 0 Å². The third-order valence-corrected chi connectivity index (χ3v) is 3.26. The number of aliphatic hydroxyl groups is 1. The molecule has 0 aliphatic carbocycles. The second-order valence-electron chi connectivity index (χ2n) is 3.90. The molecule has 0 radical (unpaired) electrons. The van der Waals surface area contributed by atoms with E-state index in [9.17, 15) is 9.90 Å². The number of thiazole rings is 1. The molecule has 1 amide bonds. The van der Waals surface area contributed by atoms with Crippen LogP contribution in [-0.2, 0) is 11.3 Å². The molecular weight excluding hydrogens is 248 g/mol. The summed E-state index contributed by atoms with van der Waals surface area (Å²) in [5.41, 5.74) is 0.852. The summed E-state index contributed by atoms with van der Waals surface area (Å²) in [4.78, 5) is 15.5. The molecule has 0 bridgehead atoms. The molecule has 0 saturated heterocycles. The van der Waals surface area contributed by atoms with E-state index >= 15 is 0 Å². The fraction of sp³-hybridized carbons (Fsp3) is 0.231. The lowest BCUT2D eigenvalue weighted by Crippen LogP contribution is -2.19. The standard InChI is InChI=1S/C13H14N2O2S/c1-10(16)14-13-15(7-8-18-13)9-12(17)11-5-3-2-4-6-11/h2-8,12,17H,9H2,1H3/t12-/m1/s1. The van der Waals surface area contributed by atoms with E-state index in [1.54, 1.807) is 4.57 Å². The van der Waals surface area contributed by atoms with Gasteiger partial charge in [0.15, 0.2) is 4.80 Å². The van der Waals surface area contributed by atoms with Crippen LogP contribution in [0.15, 0.2) is 46.9 Å². The first-order chi connectivity index (χ1) is 8.66. The van der Waals surface area contributed by atoms with Crippen molar-refractivity contribution in [1.29, 1.82) is 0 Å². The summed E-state index contributed by atoms with van der Waals surface area (Å²) in [6, 6.07) is 9.43. The Labute approximate surface area is 109 Å². The molecule has 5 heteroatoms. The SMILES string of the molecule is CC(=O)N=c1sccn1C[C@@H](O)c1ccccc1. The van der Waals surface area contributed by atoms with E-state index in [0.717, 1.165) is 5.56 Å². The van der Waals surface area contributed by atoms with Gasteiger partial charge in [-0.15, -0.1) is 11.3 Å². The number of carbonyl (C=O) groups excluding carboxylic acids is 1. The van der Waals surface area contributed by atoms with Crippen LogP contribution in [0.3, 0.4) is 0 Å². The lowest BCUT2D eigenvalue weighted by Gasteiger charge is -2.11. The van der Waals surface area contributed by atoms with Gasteiger partial charge in [0.2, 0.25) is 5.91 Å². The number of aromatic nitrogens is 1. The van der Waals surface area contributed by atoms with E-state index in [1.165, 1.54) is 18.3 Å². The number of aliphatic hydroxyl groups excluding tert-OH is 1. The van der Waals surface area contributed by atoms with Crippen molar-refractivity contribution in [2.75, 3.05) is 0 Å². The van der Waals surface area contributed by atoms with Crippen molar-refractivity contribution in [2.24, 2.45) is 4.99 Å². The van der Waals surface area contributed by atoms with Crippen molar-refractivity contribution in [3.63, 3.8) is 0 Å². The topological polar surface area (TPSA) is 54.6 Å². The van der Waals surface area contributed by atoms with Gasteiger partial charge >= 0.3 is 0 Å². The number of carbonyl (C=O) groups is 1. The van der Waals surface area contributed by atoms with Crippen molar-refractivity contribution in [1.82, 2.24) is 4.57 Å². The quantitative estimate of drug-likeness (QED) is 0.916. The first-order valence-electron chi connectivity index (χ1n) is 5.59. The minimum absolute atomic E-state index is 0.236. The Morgan fingerprint density at radius 3 is 2.83 bits per heavy atom. The Morgan fingerprint density at radius 1 is 1.44 bits per heavy atom. The second kappa shape index (κ2) is 5.75. The molecule has 1 heterocycles. The third-order valence-electron chi connectivity index (χ3n) is 2.47. The van der Waals surface area contributed by atoms with Crippen LogP contribution in [0.1, 0.15) is 18.6 Å². The summed E-state index contributed by atoms with van der Waals surface area (Å²) in [7, 11) is 0. The molecule has 2 rings (SSSR count). The average Bonchev–Trinajstić information content (AvgIpc) is 2.77. The molecule has 0 saturated carbocycles. The Hall–Kier alpha value is -1.72. The summed E-state index contributed by atoms with van der Waals surface area (Å²) < 4.78 is 1.78. The van der Waals surface area contributed by atoms with Crippen LogP contribution in [0.4, 0.5) is 0 Å². The zero-order valence-electron chi connectivity index (χ0n) is 9.98. The largest absolute Gasteiger partial charge is 0.387 e. The molecule has 1 aromatic carbocycles. The minimum Gasteiger partial charge on any atom is -0.387 e. The monoisotopic (exact) mass is 262 g/mol. The van der Waals surface area contributed by atoms with Gasteiger partial charge in [-0.1, -0.05) is 30.3 Å². The zero-order valence-corrected chi connectivity index (χ0v) is 10.8. The second-order valence-corrected chi connectivity index (χ2v) is 4.77. The van der Waals surface area contributed by atoms with Crippen molar-refractivity contribution >= 4 is 17.2 Å². The van der Waals surface area contributed by atoms with Crippen molar-refractivity contribution in [3.05, 3.63) is 52.3 Å². The van der Waals surface area contributed by atoms with Crippen LogP contribution in [-0.4, -0.2) is 15.6 Å². The molecule has 1 aromatic heterocycles. The predicted octanol–water partition coefficient (Wildman–Crippen LogP) is 1.73. The number of amides is 1. The Kier molecular flexibility index (Phi) is 4.07. The normalized spacial score (nSPS) is 13.6. The molecular formula is C13H14N2O2S. The number of hydrogen-bond acceptors (Lipinski definition) is 3. The summed E-state index contributed by atoms with van der Waals surface area (Å²) in [5.74, 6) is -0.236. The van der Waals surface area contributed by atoms with E-state index in [-0.39, 0.29) is 5.91 Å². The van der Waals surface area contributed by atoms with Crippen LogP contribution >= 0.6 is 11.3 Å². The van der Waals surface area contributed by atoms with E-state index in [0.29, 0.717) is 11.3 Å². The molecule has 94 valence electrons. The number of benzene rings is 1. The Balaban J connectivity index is 2.20. The summed E-state index contributed by atoms with van der Waals surface area (Å²) in [6.45, 7) is 1.80. The number of hydrogen-bond donors (Lipinski definition) is 1. The third kappa shape index (κ3) is 3.15. The van der Waals surface area contributed by atoms with E-state index in [4.69, 9.17) is 0 Å². The van der Waals surface area contributed by atoms with Gasteiger partial charge in [-0.05, 0) is 5.56 Å². The summed E-state index contributed by atoms with van der Waals surface area (Å²) in [6.07, 6.45) is 1.21. The molecule has 18 heavy (non-hydrogen) atoms. The summed E-state index contributed by atoms with van der Waals surface area (Å²) >= 11 is 1.38. The Bertz CT molecular complexity index is 586. The van der Waals surface area contributed by atoms with E-state index in [1.807, 2.05) is 41.9 Å². The smallest absolute Gasteiger partial charge is 0.245 e. The highest BCUT2D eigenvalue weighted by Gasteiger charge is 2.08. The first kappa shape index (κ1) is 12.7. The van der Waals surface area contributed by atoms with Crippen LogP contribution in [0, 0.1) is 0 Å². The molecule has 1 atom stereocenters. The molecule has 4 nitrogen and oxygen atoms in total. The molecule has 0 aliphatic heterocycles. The average molecular weight is 262 g/mol. The predicted molar refractivity (Wildman–Crippen MR) is 70.0 cm³/mol. The Morgan fingerprint density at radius 2 is 2.17 bits per heavy atom. The highest BCUT2D eigenvalue weighted by Crippen LogP contribution is 2.13. The van der Waals surface area contributed by atoms with Crippen molar-refractivity contribution in [2.45, 2.75) is 19.6 Å². The summed E-state index contributed by atoms with van der Waals surface area (Å²) in [5, 5.41) is 12.0. The van der Waals surface area contributed by atoms with Crippen molar-refractivity contribution < 1.29 is 9.90 Å². The molecule has 0 fully saturated rings. The molecule has 0 unspecified atom stereocenters. The van der Waals surface area contributed by atoms with Crippen LogP contribution < -0.4 is 4.80 Å². The van der Waals surface area contributed by atoms with Crippen LogP contribution in [0.25, 0.3) is 0 Å². The van der Waals surface area contributed by atoms with Gasteiger partial charge in [0.05, 0.1) is 12.6 Å².